The van der Waals surface area contributed by atoms with E-state index in [0.717, 1.165) is 25.7 Å². The van der Waals surface area contributed by atoms with Gasteiger partial charge < -0.3 is 9.47 Å². The summed E-state index contributed by atoms with van der Waals surface area (Å²) in [7, 11) is 1.54. The summed E-state index contributed by atoms with van der Waals surface area (Å²) in [6, 6.07) is 0. The maximum absolute atomic E-state index is 9.90. The zero-order valence-corrected chi connectivity index (χ0v) is 7.21. The van der Waals surface area contributed by atoms with E-state index in [2.05, 4.69) is 11.7 Å². The molecule has 0 aromatic rings. The van der Waals surface area contributed by atoms with Gasteiger partial charge in [0.15, 0.2) is 0 Å². The summed E-state index contributed by atoms with van der Waals surface area (Å²) in [4.78, 5) is 9.90. The lowest BCUT2D eigenvalue weighted by atomic mass is 10.2. The molecule has 11 heavy (non-hydrogen) atoms. The van der Waals surface area contributed by atoms with Crippen LogP contribution in [0.1, 0.15) is 32.6 Å². The molecule has 0 radical (unpaired) electrons. The van der Waals surface area contributed by atoms with Gasteiger partial charge in [0.25, 0.3) is 6.47 Å². The molecule has 0 heterocycles. The van der Waals surface area contributed by atoms with Crippen LogP contribution in [0.2, 0.25) is 0 Å². The monoisotopic (exact) mass is 160 g/mol. The third-order valence-corrected chi connectivity index (χ3v) is 1.51. The molecule has 0 aliphatic rings. The van der Waals surface area contributed by atoms with Crippen molar-refractivity contribution in [1.29, 1.82) is 0 Å². The second-order valence-corrected chi connectivity index (χ2v) is 2.39. The molecular formula is C8H16O3. The number of hydrogen-bond donors (Lipinski definition) is 0. The van der Waals surface area contributed by atoms with Gasteiger partial charge >= 0.3 is 0 Å². The highest BCUT2D eigenvalue weighted by Crippen LogP contribution is 2.05. The van der Waals surface area contributed by atoms with Crippen LogP contribution in [0, 0.1) is 0 Å². The highest BCUT2D eigenvalue weighted by Gasteiger charge is 2.04. The molecule has 0 fully saturated rings. The average Bonchev–Trinajstić information content (AvgIpc) is 2.03. The molecule has 3 heteroatoms. The summed E-state index contributed by atoms with van der Waals surface area (Å²) in [6.07, 6.45) is 3.81. The number of carbonyl (C=O) groups excluding carboxylic acids is 1. The Morgan fingerprint density at radius 1 is 1.45 bits per heavy atom. The molecule has 0 saturated carbocycles. The Kier molecular flexibility index (Phi) is 7.15. The molecular weight excluding hydrogens is 144 g/mol. The normalized spacial score (nSPS) is 12.5. The van der Waals surface area contributed by atoms with Crippen molar-refractivity contribution in [3.8, 4) is 0 Å². The highest BCUT2D eigenvalue weighted by molar-refractivity contribution is 5.37. The fourth-order valence-corrected chi connectivity index (χ4v) is 0.864. The topological polar surface area (TPSA) is 35.5 Å². The van der Waals surface area contributed by atoms with Crippen LogP contribution in [0.25, 0.3) is 0 Å². The van der Waals surface area contributed by atoms with Crippen molar-refractivity contribution in [3.05, 3.63) is 0 Å². The maximum Gasteiger partial charge on any atom is 0.295 e. The Balaban J connectivity index is 3.27. The molecule has 1 unspecified atom stereocenters. The first-order valence-electron chi connectivity index (χ1n) is 3.97. The molecule has 0 N–H and O–H groups in total. The van der Waals surface area contributed by atoms with Crippen LogP contribution in [0.5, 0.6) is 0 Å². The zero-order chi connectivity index (χ0) is 8.53. The van der Waals surface area contributed by atoms with Gasteiger partial charge in [-0.3, -0.25) is 4.79 Å². The van der Waals surface area contributed by atoms with Gasteiger partial charge in [0.05, 0.1) is 0 Å². The number of carbonyl (C=O) groups is 1. The van der Waals surface area contributed by atoms with Crippen LogP contribution < -0.4 is 0 Å². The van der Waals surface area contributed by atoms with E-state index in [1.54, 1.807) is 7.11 Å². The molecule has 0 rings (SSSR count). The molecule has 0 bridgehead atoms. The van der Waals surface area contributed by atoms with Gasteiger partial charge in [-0.1, -0.05) is 19.8 Å². The van der Waals surface area contributed by atoms with E-state index in [1.165, 1.54) is 0 Å². The van der Waals surface area contributed by atoms with E-state index < -0.39 is 0 Å². The van der Waals surface area contributed by atoms with Crippen molar-refractivity contribution in [3.63, 3.8) is 0 Å². The second kappa shape index (κ2) is 7.54. The lowest BCUT2D eigenvalue weighted by Crippen LogP contribution is -2.13. The minimum atomic E-state index is -0.348. The lowest BCUT2D eigenvalue weighted by Gasteiger charge is -2.11. The molecule has 0 aromatic heterocycles. The van der Waals surface area contributed by atoms with E-state index in [1.807, 2.05) is 0 Å². The summed E-state index contributed by atoms with van der Waals surface area (Å²) in [5.74, 6) is 0. The van der Waals surface area contributed by atoms with Gasteiger partial charge in [0, 0.05) is 13.5 Å². The molecule has 1 atom stereocenters. The van der Waals surface area contributed by atoms with Crippen molar-refractivity contribution in [2.24, 2.45) is 0 Å². The summed E-state index contributed by atoms with van der Waals surface area (Å²) in [6.45, 7) is 2.56. The van der Waals surface area contributed by atoms with Crippen LogP contribution in [0.4, 0.5) is 0 Å². The molecule has 0 aliphatic carbocycles. The van der Waals surface area contributed by atoms with Crippen molar-refractivity contribution < 1.29 is 14.3 Å². The van der Waals surface area contributed by atoms with E-state index in [4.69, 9.17) is 4.74 Å². The first-order valence-corrected chi connectivity index (χ1v) is 3.97. The van der Waals surface area contributed by atoms with Crippen molar-refractivity contribution in [2.45, 2.75) is 38.9 Å². The van der Waals surface area contributed by atoms with Gasteiger partial charge in [-0.2, -0.15) is 0 Å². The predicted molar refractivity (Wildman–Crippen MR) is 42.1 cm³/mol. The minimum absolute atomic E-state index is 0.348. The number of unbranched alkanes of at least 4 members (excludes halogenated alkanes) is 2. The number of ether oxygens (including phenoxy) is 2. The van der Waals surface area contributed by atoms with Crippen LogP contribution >= 0.6 is 0 Å². The Hall–Kier alpha value is -0.570. The first kappa shape index (κ1) is 10.4. The van der Waals surface area contributed by atoms with E-state index >= 15 is 0 Å². The molecule has 0 aliphatic heterocycles. The fraction of sp³-hybridized carbons (Fsp3) is 0.875. The van der Waals surface area contributed by atoms with Gasteiger partial charge in [0.1, 0.15) is 0 Å². The highest BCUT2D eigenvalue weighted by atomic mass is 16.7. The van der Waals surface area contributed by atoms with Crippen LogP contribution in [0.3, 0.4) is 0 Å². The smallest absolute Gasteiger partial charge is 0.295 e. The molecule has 66 valence electrons. The molecule has 0 saturated heterocycles. The second-order valence-electron chi connectivity index (χ2n) is 2.39. The lowest BCUT2D eigenvalue weighted by molar-refractivity contribution is -0.159. The largest absolute Gasteiger partial charge is 0.438 e. The van der Waals surface area contributed by atoms with E-state index in [0.29, 0.717) is 6.47 Å². The van der Waals surface area contributed by atoms with E-state index in [-0.39, 0.29) is 6.29 Å². The average molecular weight is 160 g/mol. The van der Waals surface area contributed by atoms with Crippen molar-refractivity contribution in [2.75, 3.05) is 7.11 Å². The minimum Gasteiger partial charge on any atom is -0.438 e. The SMILES string of the molecule is CCCCCC(OC)OC=O. The third kappa shape index (κ3) is 5.85. The first-order chi connectivity index (χ1) is 5.35. The summed E-state index contributed by atoms with van der Waals surface area (Å²) in [5.41, 5.74) is 0. The van der Waals surface area contributed by atoms with Crippen LogP contribution in [-0.2, 0) is 14.3 Å². The molecule has 0 amide bonds. The Morgan fingerprint density at radius 2 is 2.18 bits per heavy atom. The van der Waals surface area contributed by atoms with E-state index in [9.17, 15) is 4.79 Å². The fourth-order valence-electron chi connectivity index (χ4n) is 0.864. The Labute approximate surface area is 67.7 Å². The molecule has 0 aromatic carbocycles. The number of methoxy groups -OCH3 is 1. The number of rotatable bonds is 7. The van der Waals surface area contributed by atoms with Gasteiger partial charge in [-0.05, 0) is 6.42 Å². The number of hydrogen-bond acceptors (Lipinski definition) is 3. The van der Waals surface area contributed by atoms with Gasteiger partial charge in [-0.15, -0.1) is 0 Å². The van der Waals surface area contributed by atoms with Crippen molar-refractivity contribution >= 4 is 6.47 Å². The summed E-state index contributed by atoms with van der Waals surface area (Å²) >= 11 is 0. The van der Waals surface area contributed by atoms with Crippen LogP contribution in [-0.4, -0.2) is 19.9 Å². The molecule has 3 nitrogen and oxygen atoms in total. The predicted octanol–water partition coefficient (Wildman–Crippen LogP) is 1.71. The van der Waals surface area contributed by atoms with Gasteiger partial charge in [-0.25, -0.2) is 0 Å². The Bertz CT molecular complexity index is 93.3. The van der Waals surface area contributed by atoms with Crippen molar-refractivity contribution in [1.82, 2.24) is 0 Å². The maximum atomic E-state index is 9.90. The summed E-state index contributed by atoms with van der Waals surface area (Å²) in [5, 5.41) is 0. The quantitative estimate of drug-likeness (QED) is 0.323. The third-order valence-electron chi connectivity index (χ3n) is 1.51. The summed E-state index contributed by atoms with van der Waals surface area (Å²) < 4.78 is 9.52. The molecule has 0 spiro atoms. The van der Waals surface area contributed by atoms with Crippen LogP contribution in [0.15, 0.2) is 0 Å². The Morgan fingerprint density at radius 3 is 2.64 bits per heavy atom. The van der Waals surface area contributed by atoms with Gasteiger partial charge in [0.2, 0.25) is 6.29 Å². The zero-order valence-electron chi connectivity index (χ0n) is 7.21. The standard InChI is InChI=1S/C8H16O3/c1-3-4-5-6-8(10-2)11-7-9/h7-8H,3-6H2,1-2H3.